The van der Waals surface area contributed by atoms with E-state index in [4.69, 9.17) is 0 Å². The molecule has 5 heterocycles. The van der Waals surface area contributed by atoms with Crippen LogP contribution in [0.5, 0.6) is 0 Å². The summed E-state index contributed by atoms with van der Waals surface area (Å²) in [5.74, 6) is 1.25. The van der Waals surface area contributed by atoms with Crippen LogP contribution in [0, 0.1) is 0 Å². The number of pyridine rings is 2. The summed E-state index contributed by atoms with van der Waals surface area (Å²) in [5, 5.41) is 0. The molecule has 1 aliphatic heterocycles. The van der Waals surface area contributed by atoms with Crippen molar-refractivity contribution in [3.8, 4) is 0 Å². The Morgan fingerprint density at radius 1 is 1.10 bits per heavy atom. The van der Waals surface area contributed by atoms with Gasteiger partial charge in [0.25, 0.3) is 5.91 Å². The summed E-state index contributed by atoms with van der Waals surface area (Å²) in [7, 11) is 0. The van der Waals surface area contributed by atoms with Gasteiger partial charge in [0.2, 0.25) is 0 Å². The second kappa shape index (κ2) is 7.50. The molecule has 0 aromatic carbocycles. The van der Waals surface area contributed by atoms with Crippen molar-refractivity contribution in [3.63, 3.8) is 0 Å². The third-order valence-electron chi connectivity index (χ3n) is 5.51. The molecule has 0 aliphatic carbocycles. The summed E-state index contributed by atoms with van der Waals surface area (Å²) in [6, 6.07) is 9.80. The van der Waals surface area contributed by atoms with Crippen molar-refractivity contribution in [1.29, 1.82) is 0 Å². The molecule has 0 spiro atoms. The Kier molecular flexibility index (Phi) is 4.56. The first-order chi connectivity index (χ1) is 14.3. The van der Waals surface area contributed by atoms with Gasteiger partial charge < -0.3 is 13.9 Å². The van der Waals surface area contributed by atoms with E-state index in [-0.39, 0.29) is 11.8 Å². The van der Waals surface area contributed by atoms with Crippen LogP contribution in [0.4, 0.5) is 0 Å². The number of rotatable bonds is 4. The topological polar surface area (TPSA) is 68.3 Å². The number of amides is 1. The van der Waals surface area contributed by atoms with E-state index in [9.17, 15) is 4.79 Å². The molecule has 0 radical (unpaired) electrons. The molecule has 29 heavy (non-hydrogen) atoms. The number of piperidine rings is 1. The lowest BCUT2D eigenvalue weighted by molar-refractivity contribution is 0.0698. The normalized spacial score (nSPS) is 17.0. The lowest BCUT2D eigenvalue weighted by atomic mass is 9.96. The van der Waals surface area contributed by atoms with E-state index in [1.807, 2.05) is 76.8 Å². The van der Waals surface area contributed by atoms with Crippen LogP contribution >= 0.6 is 0 Å². The van der Waals surface area contributed by atoms with Gasteiger partial charge in [-0.1, -0.05) is 6.07 Å². The van der Waals surface area contributed by atoms with Gasteiger partial charge in [-0.05, 0) is 42.7 Å². The van der Waals surface area contributed by atoms with Crippen LogP contribution in [0.15, 0.2) is 67.5 Å². The Hall–Kier alpha value is -3.48. The van der Waals surface area contributed by atoms with Crippen LogP contribution in [0.3, 0.4) is 0 Å². The lowest BCUT2D eigenvalue weighted by Crippen LogP contribution is -2.40. The van der Waals surface area contributed by atoms with Gasteiger partial charge in [0.1, 0.15) is 17.2 Å². The zero-order chi connectivity index (χ0) is 19.6. The molecule has 5 rings (SSSR count). The molecule has 1 saturated heterocycles. The number of imidazole rings is 2. The third kappa shape index (κ3) is 3.51. The van der Waals surface area contributed by atoms with E-state index in [1.165, 1.54) is 5.56 Å². The minimum atomic E-state index is -0.00867. The zero-order valence-corrected chi connectivity index (χ0v) is 16.1. The molecule has 146 valence electrons. The molecule has 4 aromatic rings. The maximum absolute atomic E-state index is 13.1. The molecule has 0 N–H and O–H groups in total. The van der Waals surface area contributed by atoms with Crippen molar-refractivity contribution in [1.82, 2.24) is 28.8 Å². The largest absolute Gasteiger partial charge is 0.337 e. The minimum absolute atomic E-state index is 0.00867. The highest BCUT2D eigenvalue weighted by molar-refractivity contribution is 5.93. The van der Waals surface area contributed by atoms with Crippen LogP contribution in [0.1, 0.15) is 40.6 Å². The van der Waals surface area contributed by atoms with E-state index in [2.05, 4.69) is 19.5 Å². The Bertz CT molecular complexity index is 1100. The standard InChI is InChI=1S/C22H22N6O/c29-22(19-16-26-11-2-1-5-20(26)25-19)28-12-3-4-18(15-28)21-24-10-13-27(21)14-17-6-8-23-9-7-17/h1-2,5-11,13,16,18H,3-4,12,14-15H2/t18-/m0/s1. The Balaban J connectivity index is 1.34. The maximum Gasteiger partial charge on any atom is 0.274 e. The first kappa shape index (κ1) is 17.6. The highest BCUT2D eigenvalue weighted by Gasteiger charge is 2.29. The summed E-state index contributed by atoms with van der Waals surface area (Å²) in [6.07, 6.45) is 13.2. The van der Waals surface area contributed by atoms with Crippen LogP contribution < -0.4 is 0 Å². The predicted molar refractivity (Wildman–Crippen MR) is 109 cm³/mol. The van der Waals surface area contributed by atoms with Gasteiger partial charge in [0.05, 0.1) is 0 Å². The fourth-order valence-electron chi connectivity index (χ4n) is 4.07. The number of nitrogens with zero attached hydrogens (tertiary/aromatic N) is 6. The van der Waals surface area contributed by atoms with E-state index < -0.39 is 0 Å². The first-order valence-corrected chi connectivity index (χ1v) is 9.91. The van der Waals surface area contributed by atoms with Crippen molar-refractivity contribution in [2.45, 2.75) is 25.3 Å². The smallest absolute Gasteiger partial charge is 0.274 e. The number of fused-ring (bicyclic) bond motifs is 1. The average molecular weight is 386 g/mol. The van der Waals surface area contributed by atoms with Gasteiger partial charge in [0, 0.05) is 62.7 Å². The number of carbonyl (C=O) groups is 1. The number of likely N-dealkylation sites (tertiary alicyclic amines) is 1. The molecule has 0 bridgehead atoms. The highest BCUT2D eigenvalue weighted by atomic mass is 16.2. The monoisotopic (exact) mass is 386 g/mol. The van der Waals surface area contributed by atoms with Gasteiger partial charge in [0.15, 0.2) is 0 Å². The Labute approximate surface area is 168 Å². The number of aromatic nitrogens is 5. The van der Waals surface area contributed by atoms with Gasteiger partial charge in [-0.2, -0.15) is 0 Å². The number of hydrogen-bond donors (Lipinski definition) is 0. The Morgan fingerprint density at radius 3 is 2.86 bits per heavy atom. The van der Waals surface area contributed by atoms with Crippen molar-refractivity contribution in [3.05, 3.63) is 84.6 Å². The molecule has 0 saturated carbocycles. The fraction of sp³-hybridized carbons (Fsp3) is 0.273. The predicted octanol–water partition coefficient (Wildman–Crippen LogP) is 2.99. The van der Waals surface area contributed by atoms with Crippen molar-refractivity contribution in [2.75, 3.05) is 13.1 Å². The zero-order valence-electron chi connectivity index (χ0n) is 16.1. The van der Waals surface area contributed by atoms with Crippen LogP contribution in [-0.4, -0.2) is 47.8 Å². The van der Waals surface area contributed by atoms with Crippen LogP contribution in [-0.2, 0) is 6.54 Å². The number of hydrogen-bond acceptors (Lipinski definition) is 4. The summed E-state index contributed by atoms with van der Waals surface area (Å²) in [4.78, 5) is 28.2. The molecule has 1 fully saturated rings. The molecule has 1 aliphatic rings. The molecule has 0 unspecified atom stereocenters. The van der Waals surface area contributed by atoms with Gasteiger partial charge in [-0.3, -0.25) is 9.78 Å². The molecular formula is C22H22N6O. The summed E-state index contributed by atoms with van der Waals surface area (Å²) in [5.41, 5.74) is 2.47. The second-order valence-electron chi connectivity index (χ2n) is 7.45. The average Bonchev–Trinajstić information content (AvgIpc) is 3.41. The van der Waals surface area contributed by atoms with Gasteiger partial charge in [-0.15, -0.1) is 0 Å². The SMILES string of the molecule is O=C(c1cn2ccccc2n1)N1CCC[C@H](c2nccn2Cc2ccncc2)C1. The summed E-state index contributed by atoms with van der Waals surface area (Å²) in [6.45, 7) is 2.18. The van der Waals surface area contributed by atoms with Gasteiger partial charge >= 0.3 is 0 Å². The molecule has 1 amide bonds. The molecule has 7 heteroatoms. The fourth-order valence-corrected chi connectivity index (χ4v) is 4.07. The minimum Gasteiger partial charge on any atom is -0.337 e. The van der Waals surface area contributed by atoms with E-state index in [0.29, 0.717) is 12.2 Å². The van der Waals surface area contributed by atoms with E-state index in [0.717, 1.165) is 37.4 Å². The quantitative estimate of drug-likeness (QED) is 0.541. The summed E-state index contributed by atoms with van der Waals surface area (Å²) >= 11 is 0. The third-order valence-corrected chi connectivity index (χ3v) is 5.51. The second-order valence-corrected chi connectivity index (χ2v) is 7.45. The highest BCUT2D eigenvalue weighted by Crippen LogP contribution is 2.27. The lowest BCUT2D eigenvalue weighted by Gasteiger charge is -2.32. The number of carbonyl (C=O) groups excluding carboxylic acids is 1. The maximum atomic E-state index is 13.1. The molecular weight excluding hydrogens is 364 g/mol. The Morgan fingerprint density at radius 2 is 2.00 bits per heavy atom. The van der Waals surface area contributed by atoms with Gasteiger partial charge in [-0.25, -0.2) is 9.97 Å². The summed E-state index contributed by atoms with van der Waals surface area (Å²) < 4.78 is 4.06. The molecule has 1 atom stereocenters. The van der Waals surface area contributed by atoms with E-state index >= 15 is 0 Å². The van der Waals surface area contributed by atoms with Crippen molar-refractivity contribution in [2.24, 2.45) is 0 Å². The first-order valence-electron chi connectivity index (χ1n) is 9.91. The molecule has 7 nitrogen and oxygen atoms in total. The molecule has 4 aromatic heterocycles. The van der Waals surface area contributed by atoms with Crippen molar-refractivity contribution < 1.29 is 4.79 Å². The van der Waals surface area contributed by atoms with Crippen LogP contribution in [0.25, 0.3) is 5.65 Å². The van der Waals surface area contributed by atoms with E-state index in [1.54, 1.807) is 0 Å². The van der Waals surface area contributed by atoms with Crippen molar-refractivity contribution >= 4 is 11.6 Å². The van der Waals surface area contributed by atoms with Crippen LogP contribution in [0.2, 0.25) is 0 Å².